The molecule has 1 aromatic carbocycles. The first-order valence-corrected chi connectivity index (χ1v) is 5.69. The zero-order chi connectivity index (χ0) is 12.8. The molecule has 3 N–H and O–H groups in total. The first kappa shape index (κ1) is 13.5. The Morgan fingerprint density at radius 1 is 1.47 bits per heavy atom. The molecule has 0 amide bonds. The maximum atomic E-state index is 10.4. The Balaban J connectivity index is 2.51. The molecule has 0 heterocycles. The molecule has 94 valence electrons. The van der Waals surface area contributed by atoms with Gasteiger partial charge in [0.2, 0.25) is 0 Å². The minimum absolute atomic E-state index is 0.0795. The normalized spacial score (nSPS) is 12.5. The number of carbonyl (C=O) groups is 1. The summed E-state index contributed by atoms with van der Waals surface area (Å²) in [5.74, 6) is 0.264. The van der Waals surface area contributed by atoms with Gasteiger partial charge in [0.05, 0.1) is 6.42 Å². The predicted molar refractivity (Wildman–Crippen MR) is 66.3 cm³/mol. The molecule has 1 unspecified atom stereocenters. The highest BCUT2D eigenvalue weighted by Gasteiger charge is 2.09. The monoisotopic (exact) mass is 237 g/mol. The molecule has 0 spiro atoms. The summed E-state index contributed by atoms with van der Waals surface area (Å²) in [6, 6.07) is 7.29. The summed E-state index contributed by atoms with van der Waals surface area (Å²) in [4.78, 5) is 10.4. The topological polar surface area (TPSA) is 72.5 Å². The van der Waals surface area contributed by atoms with Crippen molar-refractivity contribution < 1.29 is 14.6 Å². The van der Waals surface area contributed by atoms with Crippen molar-refractivity contribution in [2.75, 3.05) is 6.61 Å². The highest BCUT2D eigenvalue weighted by atomic mass is 16.5. The maximum Gasteiger partial charge on any atom is 0.305 e. The number of benzene rings is 1. The summed E-state index contributed by atoms with van der Waals surface area (Å²) in [6.45, 7) is 4.43. The van der Waals surface area contributed by atoms with Gasteiger partial charge in [-0.3, -0.25) is 4.79 Å². The lowest BCUT2D eigenvalue weighted by atomic mass is 10.0. The highest BCUT2D eigenvalue weighted by molar-refractivity contribution is 5.67. The Labute approximate surface area is 101 Å². The average Bonchev–Trinajstić information content (AvgIpc) is 2.26. The third-order valence-electron chi connectivity index (χ3n) is 2.43. The molecule has 0 aliphatic heterocycles. The molecule has 0 bridgehead atoms. The predicted octanol–water partition coefficient (Wildman–Crippen LogP) is 1.99. The Bertz CT molecular complexity index is 377. The van der Waals surface area contributed by atoms with Crippen LogP contribution in [0, 0.1) is 0 Å². The van der Waals surface area contributed by atoms with E-state index in [2.05, 4.69) is 13.8 Å². The van der Waals surface area contributed by atoms with Gasteiger partial charge in [0.25, 0.3) is 0 Å². The van der Waals surface area contributed by atoms with Crippen molar-refractivity contribution in [2.24, 2.45) is 5.73 Å². The molecule has 1 rings (SSSR count). The van der Waals surface area contributed by atoms with Crippen LogP contribution in [-0.4, -0.2) is 23.7 Å². The van der Waals surface area contributed by atoms with Crippen molar-refractivity contribution in [3.63, 3.8) is 0 Å². The van der Waals surface area contributed by atoms with Crippen LogP contribution in [-0.2, 0) is 4.79 Å². The van der Waals surface area contributed by atoms with E-state index in [9.17, 15) is 4.79 Å². The molecular formula is C13H19NO3. The summed E-state index contributed by atoms with van der Waals surface area (Å²) in [5, 5.41) is 8.56. The van der Waals surface area contributed by atoms with Gasteiger partial charge in [-0.15, -0.1) is 0 Å². The number of carboxylic acids is 1. The fourth-order valence-electron chi connectivity index (χ4n) is 1.45. The lowest BCUT2D eigenvalue weighted by Crippen LogP contribution is -2.30. The van der Waals surface area contributed by atoms with Crippen molar-refractivity contribution >= 4 is 5.97 Å². The van der Waals surface area contributed by atoms with E-state index in [0.717, 1.165) is 5.75 Å². The van der Waals surface area contributed by atoms with E-state index >= 15 is 0 Å². The SMILES string of the molecule is CC(C)c1cccc(OCC(N)CC(=O)O)c1. The molecule has 1 atom stereocenters. The fourth-order valence-corrected chi connectivity index (χ4v) is 1.45. The first-order chi connectivity index (χ1) is 7.99. The standard InChI is InChI=1S/C13H19NO3/c1-9(2)10-4-3-5-12(6-10)17-8-11(14)7-13(15)16/h3-6,9,11H,7-8,14H2,1-2H3,(H,15,16). The summed E-state index contributed by atoms with van der Waals surface area (Å²) in [6.07, 6.45) is -0.0795. The highest BCUT2D eigenvalue weighted by Crippen LogP contribution is 2.20. The summed E-state index contributed by atoms with van der Waals surface area (Å²) in [7, 11) is 0. The third-order valence-corrected chi connectivity index (χ3v) is 2.43. The maximum absolute atomic E-state index is 10.4. The van der Waals surface area contributed by atoms with Crippen LogP contribution in [0.5, 0.6) is 5.75 Å². The third kappa shape index (κ3) is 4.87. The van der Waals surface area contributed by atoms with Gasteiger partial charge in [0.1, 0.15) is 12.4 Å². The number of nitrogens with two attached hydrogens (primary N) is 1. The Morgan fingerprint density at radius 3 is 2.76 bits per heavy atom. The van der Waals surface area contributed by atoms with Gasteiger partial charge < -0.3 is 15.6 Å². The van der Waals surface area contributed by atoms with E-state index in [1.54, 1.807) is 0 Å². The molecule has 0 saturated heterocycles. The molecule has 0 saturated carbocycles. The first-order valence-electron chi connectivity index (χ1n) is 5.69. The molecule has 0 aromatic heterocycles. The quantitative estimate of drug-likeness (QED) is 0.793. The van der Waals surface area contributed by atoms with Crippen LogP contribution < -0.4 is 10.5 Å². The summed E-state index contributed by atoms with van der Waals surface area (Å²) >= 11 is 0. The van der Waals surface area contributed by atoms with Crippen LogP contribution in [0.15, 0.2) is 24.3 Å². The van der Waals surface area contributed by atoms with Crippen LogP contribution in [0.2, 0.25) is 0 Å². The smallest absolute Gasteiger partial charge is 0.305 e. The van der Waals surface area contributed by atoms with E-state index in [1.165, 1.54) is 5.56 Å². The van der Waals surface area contributed by atoms with E-state index in [1.807, 2.05) is 24.3 Å². The zero-order valence-corrected chi connectivity index (χ0v) is 10.2. The molecule has 4 nitrogen and oxygen atoms in total. The molecule has 0 fully saturated rings. The molecule has 17 heavy (non-hydrogen) atoms. The number of hydrogen-bond acceptors (Lipinski definition) is 3. The van der Waals surface area contributed by atoms with Gasteiger partial charge in [0, 0.05) is 6.04 Å². The van der Waals surface area contributed by atoms with Gasteiger partial charge in [-0.1, -0.05) is 26.0 Å². The second-order valence-electron chi connectivity index (χ2n) is 4.40. The number of carboxylic acid groups (broad SMARTS) is 1. The van der Waals surface area contributed by atoms with Crippen molar-refractivity contribution in [3.8, 4) is 5.75 Å². The average molecular weight is 237 g/mol. The molecule has 1 aromatic rings. The molecule has 0 radical (unpaired) electrons. The van der Waals surface area contributed by atoms with Gasteiger partial charge in [0.15, 0.2) is 0 Å². The largest absolute Gasteiger partial charge is 0.492 e. The second kappa shape index (κ2) is 6.25. The summed E-state index contributed by atoms with van der Waals surface area (Å²) < 4.78 is 5.47. The number of rotatable bonds is 6. The zero-order valence-electron chi connectivity index (χ0n) is 10.2. The van der Waals surface area contributed by atoms with E-state index in [0.29, 0.717) is 5.92 Å². The van der Waals surface area contributed by atoms with E-state index < -0.39 is 12.0 Å². The lowest BCUT2D eigenvalue weighted by molar-refractivity contribution is -0.137. The Hall–Kier alpha value is -1.55. The van der Waals surface area contributed by atoms with Crippen LogP contribution in [0.3, 0.4) is 0 Å². The minimum atomic E-state index is -0.906. The fraction of sp³-hybridized carbons (Fsp3) is 0.462. The molecule has 4 heteroatoms. The van der Waals surface area contributed by atoms with Crippen molar-refractivity contribution in [1.82, 2.24) is 0 Å². The van der Waals surface area contributed by atoms with Gasteiger partial charge in [-0.25, -0.2) is 0 Å². The van der Waals surface area contributed by atoms with Crippen LogP contribution in [0.1, 0.15) is 31.7 Å². The van der Waals surface area contributed by atoms with Crippen molar-refractivity contribution in [3.05, 3.63) is 29.8 Å². The number of aliphatic carboxylic acids is 1. The minimum Gasteiger partial charge on any atom is -0.492 e. The molecular weight excluding hydrogens is 218 g/mol. The number of hydrogen-bond donors (Lipinski definition) is 2. The van der Waals surface area contributed by atoms with Gasteiger partial charge >= 0.3 is 5.97 Å². The molecule has 0 aliphatic rings. The number of ether oxygens (including phenoxy) is 1. The molecule has 0 aliphatic carbocycles. The van der Waals surface area contributed by atoms with Crippen LogP contribution in [0.25, 0.3) is 0 Å². The van der Waals surface area contributed by atoms with E-state index in [4.69, 9.17) is 15.6 Å². The Kier molecular flexibility index (Phi) is 4.97. The lowest BCUT2D eigenvalue weighted by Gasteiger charge is -2.13. The van der Waals surface area contributed by atoms with E-state index in [-0.39, 0.29) is 13.0 Å². The Morgan fingerprint density at radius 2 is 2.18 bits per heavy atom. The summed E-state index contributed by atoms with van der Waals surface area (Å²) in [5.41, 5.74) is 6.80. The van der Waals surface area contributed by atoms with Gasteiger partial charge in [-0.2, -0.15) is 0 Å². The van der Waals surface area contributed by atoms with Crippen LogP contribution in [0.4, 0.5) is 0 Å². The van der Waals surface area contributed by atoms with Gasteiger partial charge in [-0.05, 0) is 23.6 Å². The van der Waals surface area contributed by atoms with Crippen LogP contribution >= 0.6 is 0 Å². The second-order valence-corrected chi connectivity index (χ2v) is 4.40. The van der Waals surface area contributed by atoms with Crippen molar-refractivity contribution in [1.29, 1.82) is 0 Å². The van der Waals surface area contributed by atoms with Crippen molar-refractivity contribution in [2.45, 2.75) is 32.2 Å².